The molecule has 2 atom stereocenters. The summed E-state index contributed by atoms with van der Waals surface area (Å²) < 4.78 is 16.9. The summed E-state index contributed by atoms with van der Waals surface area (Å²) in [6.07, 6.45) is 58.0. The van der Waals surface area contributed by atoms with Gasteiger partial charge in [-0.1, -0.05) is 304 Å². The fourth-order valence-electron chi connectivity index (χ4n) is 9.37. The zero-order valence-electron chi connectivity index (χ0n) is 46.0. The van der Waals surface area contributed by atoms with Gasteiger partial charge >= 0.3 is 17.9 Å². The van der Waals surface area contributed by atoms with Gasteiger partial charge < -0.3 is 14.2 Å². The van der Waals surface area contributed by atoms with Crippen molar-refractivity contribution in [3.05, 3.63) is 0 Å². The standard InChI is InChI=1S/C61H118O6/c1-6-8-9-10-11-12-13-26-31-36-41-46-51-59(62)65-54-58(67-61(64)53-48-43-38-33-28-23-19-18-21-25-30-35-40-45-50-57(5)7-2)55-66-60(63)52-47-42-37-32-27-22-17-15-14-16-20-24-29-34-39-44-49-56(3)4/h56-58H,6-55H2,1-5H3/t57?,58-/m0/s1. The minimum Gasteiger partial charge on any atom is -0.462 e. The van der Waals surface area contributed by atoms with Gasteiger partial charge in [0.15, 0.2) is 6.10 Å². The number of esters is 3. The number of carbonyl (C=O) groups excluding carboxylic acids is 3. The molecule has 0 N–H and O–H groups in total. The van der Waals surface area contributed by atoms with E-state index in [4.69, 9.17) is 14.2 Å². The summed E-state index contributed by atoms with van der Waals surface area (Å²) in [5.41, 5.74) is 0. The van der Waals surface area contributed by atoms with Gasteiger partial charge in [-0.2, -0.15) is 0 Å². The predicted octanol–water partition coefficient (Wildman–Crippen LogP) is 20.0. The maximum atomic E-state index is 12.9. The van der Waals surface area contributed by atoms with Crippen LogP contribution in [0, 0.1) is 11.8 Å². The summed E-state index contributed by atoms with van der Waals surface area (Å²) in [5, 5.41) is 0. The Morgan fingerprint density at radius 1 is 0.313 bits per heavy atom. The van der Waals surface area contributed by atoms with Crippen LogP contribution in [-0.4, -0.2) is 37.2 Å². The highest BCUT2D eigenvalue weighted by atomic mass is 16.6. The molecular formula is C61H118O6. The Balaban J connectivity index is 4.26. The van der Waals surface area contributed by atoms with E-state index in [9.17, 15) is 14.4 Å². The van der Waals surface area contributed by atoms with Gasteiger partial charge in [0.25, 0.3) is 0 Å². The van der Waals surface area contributed by atoms with Gasteiger partial charge in [-0.05, 0) is 31.1 Å². The van der Waals surface area contributed by atoms with Crippen molar-refractivity contribution in [2.45, 2.75) is 349 Å². The second-order valence-electron chi connectivity index (χ2n) is 21.7. The molecule has 0 aliphatic heterocycles. The van der Waals surface area contributed by atoms with Crippen molar-refractivity contribution in [1.29, 1.82) is 0 Å². The molecule has 0 saturated heterocycles. The van der Waals surface area contributed by atoms with Crippen molar-refractivity contribution in [3.63, 3.8) is 0 Å². The quantitative estimate of drug-likeness (QED) is 0.0343. The Morgan fingerprint density at radius 3 is 0.851 bits per heavy atom. The zero-order chi connectivity index (χ0) is 48.9. The topological polar surface area (TPSA) is 78.9 Å². The lowest BCUT2D eigenvalue weighted by atomic mass is 9.99. The second kappa shape index (κ2) is 53.8. The van der Waals surface area contributed by atoms with E-state index in [-0.39, 0.29) is 31.1 Å². The van der Waals surface area contributed by atoms with Crippen molar-refractivity contribution in [1.82, 2.24) is 0 Å². The highest BCUT2D eigenvalue weighted by Gasteiger charge is 2.19. The first-order chi connectivity index (χ1) is 32.8. The molecule has 6 nitrogen and oxygen atoms in total. The van der Waals surface area contributed by atoms with Gasteiger partial charge in [0.1, 0.15) is 13.2 Å². The molecule has 0 bridgehead atoms. The SMILES string of the molecule is CCCCCCCCCCCCCCC(=O)OC[C@@H](COC(=O)CCCCCCCCCCCCCCCCCCC(C)C)OC(=O)CCCCCCCCCCCCCCCCC(C)CC. The van der Waals surface area contributed by atoms with Gasteiger partial charge in [-0.15, -0.1) is 0 Å². The lowest BCUT2D eigenvalue weighted by Gasteiger charge is -2.18. The molecule has 6 heteroatoms. The number of rotatable bonds is 55. The van der Waals surface area contributed by atoms with Crippen molar-refractivity contribution in [3.8, 4) is 0 Å². The van der Waals surface area contributed by atoms with Gasteiger partial charge in [0.05, 0.1) is 0 Å². The van der Waals surface area contributed by atoms with E-state index in [1.165, 1.54) is 231 Å². The van der Waals surface area contributed by atoms with Crippen LogP contribution in [0.1, 0.15) is 343 Å². The third-order valence-electron chi connectivity index (χ3n) is 14.3. The van der Waals surface area contributed by atoms with Crippen LogP contribution in [0.25, 0.3) is 0 Å². The maximum absolute atomic E-state index is 12.9. The number of carbonyl (C=O) groups is 3. The Hall–Kier alpha value is -1.59. The molecule has 67 heavy (non-hydrogen) atoms. The van der Waals surface area contributed by atoms with Crippen LogP contribution in [0.4, 0.5) is 0 Å². The molecule has 0 radical (unpaired) electrons. The first-order valence-electron chi connectivity index (χ1n) is 30.3. The molecular weight excluding hydrogens is 829 g/mol. The average Bonchev–Trinajstić information content (AvgIpc) is 3.31. The lowest BCUT2D eigenvalue weighted by Crippen LogP contribution is -2.30. The minimum absolute atomic E-state index is 0.0622. The molecule has 398 valence electrons. The Morgan fingerprint density at radius 2 is 0.567 bits per heavy atom. The van der Waals surface area contributed by atoms with E-state index in [1.54, 1.807) is 0 Å². The number of hydrogen-bond acceptors (Lipinski definition) is 6. The first-order valence-corrected chi connectivity index (χ1v) is 30.3. The Bertz CT molecular complexity index is 1030. The van der Waals surface area contributed by atoms with Crippen molar-refractivity contribution in [2.75, 3.05) is 13.2 Å². The summed E-state index contributed by atoms with van der Waals surface area (Å²) >= 11 is 0. The van der Waals surface area contributed by atoms with Crippen molar-refractivity contribution < 1.29 is 28.6 Å². The lowest BCUT2D eigenvalue weighted by molar-refractivity contribution is -0.167. The summed E-state index contributed by atoms with van der Waals surface area (Å²) in [6.45, 7) is 11.5. The van der Waals surface area contributed by atoms with Crippen LogP contribution in [0.2, 0.25) is 0 Å². The van der Waals surface area contributed by atoms with Gasteiger partial charge in [0.2, 0.25) is 0 Å². The summed E-state index contributed by atoms with van der Waals surface area (Å²) in [4.78, 5) is 38.2. The summed E-state index contributed by atoms with van der Waals surface area (Å²) in [6, 6.07) is 0. The van der Waals surface area contributed by atoms with E-state index < -0.39 is 6.10 Å². The predicted molar refractivity (Wildman–Crippen MR) is 289 cm³/mol. The van der Waals surface area contributed by atoms with Crippen LogP contribution in [0.3, 0.4) is 0 Å². The van der Waals surface area contributed by atoms with Crippen LogP contribution < -0.4 is 0 Å². The number of unbranched alkanes of at least 4 members (excludes halogenated alkanes) is 39. The molecule has 0 rings (SSSR count). The third-order valence-corrected chi connectivity index (χ3v) is 14.3. The van der Waals surface area contributed by atoms with Crippen LogP contribution >= 0.6 is 0 Å². The van der Waals surface area contributed by atoms with Crippen molar-refractivity contribution >= 4 is 17.9 Å². The summed E-state index contributed by atoms with van der Waals surface area (Å²) in [5.74, 6) is 0.912. The van der Waals surface area contributed by atoms with E-state index in [2.05, 4.69) is 34.6 Å². The molecule has 0 aromatic heterocycles. The number of ether oxygens (including phenoxy) is 3. The summed E-state index contributed by atoms with van der Waals surface area (Å²) in [7, 11) is 0. The van der Waals surface area contributed by atoms with E-state index in [1.807, 2.05) is 0 Å². The Labute approximate surface area is 418 Å². The molecule has 0 heterocycles. The van der Waals surface area contributed by atoms with Gasteiger partial charge in [-0.3, -0.25) is 14.4 Å². The molecule has 0 fully saturated rings. The smallest absolute Gasteiger partial charge is 0.306 e. The molecule has 0 amide bonds. The van der Waals surface area contributed by atoms with Gasteiger partial charge in [-0.25, -0.2) is 0 Å². The van der Waals surface area contributed by atoms with E-state index in [0.29, 0.717) is 19.3 Å². The number of hydrogen-bond donors (Lipinski definition) is 0. The largest absolute Gasteiger partial charge is 0.462 e. The molecule has 0 spiro atoms. The molecule has 0 aliphatic rings. The molecule has 0 aliphatic carbocycles. The molecule has 0 aromatic carbocycles. The maximum Gasteiger partial charge on any atom is 0.306 e. The Kier molecular flexibility index (Phi) is 52.5. The van der Waals surface area contributed by atoms with E-state index in [0.717, 1.165) is 69.6 Å². The third kappa shape index (κ3) is 53.6. The van der Waals surface area contributed by atoms with E-state index >= 15 is 0 Å². The van der Waals surface area contributed by atoms with Crippen molar-refractivity contribution in [2.24, 2.45) is 11.8 Å². The molecule has 0 saturated carbocycles. The normalized spacial score (nSPS) is 12.4. The monoisotopic (exact) mass is 947 g/mol. The zero-order valence-corrected chi connectivity index (χ0v) is 46.0. The minimum atomic E-state index is -0.763. The first kappa shape index (κ1) is 65.4. The highest BCUT2D eigenvalue weighted by molar-refractivity contribution is 5.71. The van der Waals surface area contributed by atoms with Crippen LogP contribution in [0.5, 0.6) is 0 Å². The van der Waals surface area contributed by atoms with Crippen LogP contribution in [0.15, 0.2) is 0 Å². The average molecular weight is 948 g/mol. The van der Waals surface area contributed by atoms with Gasteiger partial charge in [0, 0.05) is 19.3 Å². The fourth-order valence-corrected chi connectivity index (χ4v) is 9.37. The molecule has 1 unspecified atom stereocenters. The molecule has 0 aromatic rings. The second-order valence-corrected chi connectivity index (χ2v) is 21.7. The van der Waals surface area contributed by atoms with Crippen LogP contribution in [-0.2, 0) is 28.6 Å². The highest BCUT2D eigenvalue weighted by Crippen LogP contribution is 2.19. The fraction of sp³-hybridized carbons (Fsp3) is 0.951.